The quantitative estimate of drug-likeness (QED) is 0.423. The Labute approximate surface area is 42.8 Å². The Kier molecular flexibility index (Phi) is 1.67. The van der Waals surface area contributed by atoms with E-state index >= 15 is 0 Å². The van der Waals surface area contributed by atoms with Crippen molar-refractivity contribution >= 4 is 0 Å². The van der Waals surface area contributed by atoms with Crippen LogP contribution in [0.2, 0.25) is 0 Å². The van der Waals surface area contributed by atoms with Crippen LogP contribution in [0.15, 0.2) is 0 Å². The van der Waals surface area contributed by atoms with E-state index in [1.54, 1.807) is 6.11 Å². The van der Waals surface area contributed by atoms with Gasteiger partial charge in [0.05, 0.1) is 0 Å². The van der Waals surface area contributed by atoms with E-state index in [4.69, 9.17) is 10.2 Å². The van der Waals surface area contributed by atoms with Crippen LogP contribution < -0.4 is 0 Å². The minimum Gasteiger partial charge on any atom is -0.462 e. The number of hydrogen-bond acceptors (Lipinski definition) is 2. The van der Waals surface area contributed by atoms with E-state index in [2.05, 4.69) is 5.92 Å². The third-order valence-corrected chi connectivity index (χ3v) is 0.362. The van der Waals surface area contributed by atoms with E-state index in [-0.39, 0.29) is 0 Å². The van der Waals surface area contributed by atoms with Crippen molar-refractivity contribution in [2.45, 2.75) is 19.4 Å². The second-order valence-electron chi connectivity index (χ2n) is 1.80. The molecule has 0 radical (unpaired) electrons. The average molecular weight is 100 g/mol. The molecule has 0 bridgehead atoms. The van der Waals surface area contributed by atoms with Gasteiger partial charge in [0.2, 0.25) is 0 Å². The Morgan fingerprint density at radius 2 is 1.86 bits per heavy atom. The van der Waals surface area contributed by atoms with Crippen LogP contribution in [0.25, 0.3) is 0 Å². The van der Waals surface area contributed by atoms with E-state index in [0.717, 1.165) is 0 Å². The first-order valence-electron chi connectivity index (χ1n) is 1.95. The summed E-state index contributed by atoms with van der Waals surface area (Å²) in [4.78, 5) is 0. The Hall–Kier alpha value is -0.680. The van der Waals surface area contributed by atoms with Gasteiger partial charge in [-0.1, -0.05) is 0 Å². The molecule has 40 valence electrons. The van der Waals surface area contributed by atoms with E-state index in [1.807, 2.05) is 0 Å². The second-order valence-corrected chi connectivity index (χ2v) is 1.80. The molecule has 0 aliphatic carbocycles. The standard InChI is InChI=1S/C5H8O2/c1-5(2,7)3-4-6/h6-7H,1-2H3. The summed E-state index contributed by atoms with van der Waals surface area (Å²) < 4.78 is 0. The fourth-order valence-corrected chi connectivity index (χ4v) is 0.137. The highest BCUT2D eigenvalue weighted by Gasteiger charge is 2.05. The van der Waals surface area contributed by atoms with Gasteiger partial charge in [0.1, 0.15) is 11.7 Å². The van der Waals surface area contributed by atoms with Crippen molar-refractivity contribution in [3.63, 3.8) is 0 Å². The fourth-order valence-electron chi connectivity index (χ4n) is 0.137. The summed E-state index contributed by atoms with van der Waals surface area (Å²) in [6.45, 7) is 2.99. The molecule has 0 rings (SSSR count). The zero-order valence-electron chi connectivity index (χ0n) is 4.39. The first-order valence-corrected chi connectivity index (χ1v) is 1.95. The van der Waals surface area contributed by atoms with Crippen molar-refractivity contribution in [1.29, 1.82) is 0 Å². The van der Waals surface area contributed by atoms with E-state index in [9.17, 15) is 0 Å². The van der Waals surface area contributed by atoms with Gasteiger partial charge in [0.15, 0.2) is 0 Å². The molecule has 0 aromatic carbocycles. The molecule has 0 spiro atoms. The Bertz CT molecular complexity index is 99.5. The largest absolute Gasteiger partial charge is 0.462 e. The summed E-state index contributed by atoms with van der Waals surface area (Å²) in [6, 6.07) is 0. The summed E-state index contributed by atoms with van der Waals surface area (Å²) in [5.74, 6) is 2.15. The molecule has 0 fully saturated rings. The van der Waals surface area contributed by atoms with E-state index < -0.39 is 5.60 Å². The van der Waals surface area contributed by atoms with Gasteiger partial charge in [0.25, 0.3) is 0 Å². The van der Waals surface area contributed by atoms with Crippen LogP contribution in [-0.2, 0) is 0 Å². The molecule has 7 heavy (non-hydrogen) atoms. The smallest absolute Gasteiger partial charge is 0.123 e. The van der Waals surface area contributed by atoms with Crippen LogP contribution >= 0.6 is 0 Å². The highest BCUT2D eigenvalue weighted by atomic mass is 16.3. The van der Waals surface area contributed by atoms with E-state index in [1.165, 1.54) is 13.8 Å². The molecule has 0 amide bonds. The molecule has 0 unspecified atom stereocenters. The maximum absolute atomic E-state index is 8.68. The molecule has 0 heterocycles. The number of rotatable bonds is 0. The lowest BCUT2D eigenvalue weighted by molar-refractivity contribution is 0.142. The predicted octanol–water partition coefficient (Wildman–Crippen LogP) is 0.0907. The fraction of sp³-hybridized carbons (Fsp3) is 0.600. The van der Waals surface area contributed by atoms with Gasteiger partial charge in [-0.2, -0.15) is 0 Å². The Morgan fingerprint density at radius 1 is 1.43 bits per heavy atom. The first kappa shape index (κ1) is 6.32. The topological polar surface area (TPSA) is 40.5 Å². The van der Waals surface area contributed by atoms with Gasteiger partial charge in [-0.3, -0.25) is 0 Å². The molecule has 0 aromatic heterocycles. The van der Waals surface area contributed by atoms with Crippen molar-refractivity contribution in [3.05, 3.63) is 0 Å². The molecule has 0 aliphatic heterocycles. The average Bonchev–Trinajstić information content (AvgIpc) is 1.30. The highest BCUT2D eigenvalue weighted by Crippen LogP contribution is 1.94. The number of aliphatic hydroxyl groups is 2. The minimum absolute atomic E-state index is 1.06. The van der Waals surface area contributed by atoms with Gasteiger partial charge in [0, 0.05) is 0 Å². The number of hydrogen-bond donors (Lipinski definition) is 2. The van der Waals surface area contributed by atoms with Crippen molar-refractivity contribution in [2.75, 3.05) is 0 Å². The molecule has 0 saturated heterocycles. The Morgan fingerprint density at radius 3 is 1.86 bits per heavy atom. The molecular weight excluding hydrogens is 92.1 g/mol. The Balaban J connectivity index is 3.72. The van der Waals surface area contributed by atoms with Crippen LogP contribution in [0, 0.1) is 12.0 Å². The maximum atomic E-state index is 8.68. The van der Waals surface area contributed by atoms with Gasteiger partial charge < -0.3 is 10.2 Å². The highest BCUT2D eigenvalue weighted by molar-refractivity contribution is 5.04. The molecular formula is C5H8O2. The summed E-state index contributed by atoms with van der Waals surface area (Å²) in [7, 11) is 0. The lowest BCUT2D eigenvalue weighted by Gasteiger charge is -2.03. The summed E-state index contributed by atoms with van der Waals surface area (Å²) in [6.07, 6.45) is 1.61. The van der Waals surface area contributed by atoms with Crippen molar-refractivity contribution in [2.24, 2.45) is 0 Å². The van der Waals surface area contributed by atoms with Crippen molar-refractivity contribution in [3.8, 4) is 12.0 Å². The van der Waals surface area contributed by atoms with Crippen LogP contribution in [-0.4, -0.2) is 15.8 Å². The summed E-state index contributed by atoms with van der Waals surface area (Å²) in [5.41, 5.74) is -1.06. The molecule has 0 saturated carbocycles. The molecule has 2 N–H and O–H groups in total. The summed E-state index contributed by atoms with van der Waals surface area (Å²) in [5, 5.41) is 16.6. The summed E-state index contributed by atoms with van der Waals surface area (Å²) >= 11 is 0. The van der Waals surface area contributed by atoms with Crippen LogP contribution in [0.3, 0.4) is 0 Å². The zero-order valence-corrected chi connectivity index (χ0v) is 4.39. The van der Waals surface area contributed by atoms with Gasteiger partial charge in [-0.15, -0.1) is 0 Å². The monoisotopic (exact) mass is 100 g/mol. The van der Waals surface area contributed by atoms with Crippen LogP contribution in [0.5, 0.6) is 0 Å². The molecule has 0 atom stereocenters. The normalized spacial score (nSPS) is 9.57. The lowest BCUT2D eigenvalue weighted by atomic mass is 10.2. The predicted molar refractivity (Wildman–Crippen MR) is 26.0 cm³/mol. The molecule has 0 aromatic rings. The SMILES string of the molecule is CC(C)(O)C#CO. The second kappa shape index (κ2) is 1.85. The third-order valence-electron chi connectivity index (χ3n) is 0.362. The molecule has 2 heteroatoms. The van der Waals surface area contributed by atoms with Gasteiger partial charge >= 0.3 is 0 Å². The third kappa shape index (κ3) is 5.32. The van der Waals surface area contributed by atoms with Crippen molar-refractivity contribution < 1.29 is 10.2 Å². The maximum Gasteiger partial charge on any atom is 0.123 e. The van der Waals surface area contributed by atoms with Gasteiger partial charge in [-0.25, -0.2) is 0 Å². The van der Waals surface area contributed by atoms with Gasteiger partial charge in [-0.05, 0) is 19.8 Å². The zero-order chi connectivity index (χ0) is 5.91. The lowest BCUT2D eigenvalue weighted by Crippen LogP contribution is -2.14. The minimum atomic E-state index is -1.06. The number of aliphatic hydroxyl groups excluding tert-OH is 1. The van der Waals surface area contributed by atoms with E-state index in [0.29, 0.717) is 0 Å². The first-order chi connectivity index (χ1) is 3.06. The molecule has 0 aliphatic rings. The van der Waals surface area contributed by atoms with Crippen LogP contribution in [0.1, 0.15) is 13.8 Å². The van der Waals surface area contributed by atoms with Crippen molar-refractivity contribution in [1.82, 2.24) is 0 Å². The van der Waals surface area contributed by atoms with Crippen LogP contribution in [0.4, 0.5) is 0 Å². The molecule has 2 nitrogen and oxygen atoms in total.